The molecule has 4 nitrogen and oxygen atoms in total. The maximum Gasteiger partial charge on any atom is 0.226 e. The first-order chi connectivity index (χ1) is 7.74. The Morgan fingerprint density at radius 2 is 2.31 bits per heavy atom. The summed E-state index contributed by atoms with van der Waals surface area (Å²) in [7, 11) is 1.62. The fraction of sp³-hybridized carbons (Fsp3) is 0.417. The van der Waals surface area contributed by atoms with Gasteiger partial charge in [-0.05, 0) is 19.1 Å². The lowest BCUT2D eigenvalue weighted by atomic mass is 10.2. The largest absolute Gasteiger partial charge is 0.497 e. The van der Waals surface area contributed by atoms with Crippen LogP contribution in [0.5, 0.6) is 5.75 Å². The van der Waals surface area contributed by atoms with Crippen molar-refractivity contribution in [1.82, 2.24) is 0 Å². The molecule has 1 heterocycles. The zero-order valence-corrected chi connectivity index (χ0v) is 9.62. The predicted octanol–water partition coefficient (Wildman–Crippen LogP) is 1.86. The molecule has 86 valence electrons. The summed E-state index contributed by atoms with van der Waals surface area (Å²) in [5.41, 5.74) is 1.90. The Morgan fingerprint density at radius 1 is 1.50 bits per heavy atom. The van der Waals surface area contributed by atoms with Gasteiger partial charge in [-0.2, -0.15) is 0 Å². The molecule has 0 saturated carbocycles. The van der Waals surface area contributed by atoms with E-state index >= 15 is 0 Å². The molecule has 1 aromatic carbocycles. The highest BCUT2D eigenvalue weighted by atomic mass is 16.5. The van der Waals surface area contributed by atoms with Crippen molar-refractivity contribution in [1.29, 1.82) is 0 Å². The maximum absolute atomic E-state index is 11.5. The lowest BCUT2D eigenvalue weighted by Crippen LogP contribution is -2.23. The molecule has 1 aliphatic heterocycles. The van der Waals surface area contributed by atoms with Crippen molar-refractivity contribution in [2.24, 2.45) is 0 Å². The van der Waals surface area contributed by atoms with Crippen LogP contribution in [0.25, 0.3) is 0 Å². The third-order valence-electron chi connectivity index (χ3n) is 2.81. The summed E-state index contributed by atoms with van der Waals surface area (Å²) in [5, 5.41) is 2.90. The molecule has 0 atom stereocenters. The number of anilines is 2. The zero-order valence-electron chi connectivity index (χ0n) is 9.62. The van der Waals surface area contributed by atoms with Crippen molar-refractivity contribution < 1.29 is 9.53 Å². The van der Waals surface area contributed by atoms with Crippen LogP contribution in [-0.2, 0) is 4.79 Å². The van der Waals surface area contributed by atoms with Crippen LogP contribution in [0, 0.1) is 0 Å². The summed E-state index contributed by atoms with van der Waals surface area (Å²) in [4.78, 5) is 13.7. The van der Waals surface area contributed by atoms with Crippen LogP contribution in [0.3, 0.4) is 0 Å². The monoisotopic (exact) mass is 220 g/mol. The van der Waals surface area contributed by atoms with Gasteiger partial charge in [0.25, 0.3) is 0 Å². The molecule has 0 unspecified atom stereocenters. The van der Waals surface area contributed by atoms with Crippen molar-refractivity contribution >= 4 is 17.3 Å². The van der Waals surface area contributed by atoms with E-state index in [0.717, 1.165) is 30.2 Å². The van der Waals surface area contributed by atoms with Gasteiger partial charge >= 0.3 is 0 Å². The van der Waals surface area contributed by atoms with Crippen LogP contribution in [-0.4, -0.2) is 26.1 Å². The summed E-state index contributed by atoms with van der Waals surface area (Å²) < 4.78 is 5.16. The van der Waals surface area contributed by atoms with E-state index in [1.54, 1.807) is 7.11 Å². The number of fused-ring (bicyclic) bond motifs is 1. The number of rotatable bonds is 2. The number of ether oxygens (including phenoxy) is 1. The van der Waals surface area contributed by atoms with E-state index in [2.05, 4.69) is 17.1 Å². The molecular weight excluding hydrogens is 204 g/mol. The molecule has 1 N–H and O–H groups in total. The molecule has 1 aliphatic rings. The number of carbonyl (C=O) groups is 1. The van der Waals surface area contributed by atoms with Crippen molar-refractivity contribution in [2.75, 3.05) is 30.4 Å². The van der Waals surface area contributed by atoms with Gasteiger partial charge in [0.15, 0.2) is 0 Å². The lowest BCUT2D eigenvalue weighted by Gasteiger charge is -2.22. The molecular formula is C12H16N2O2. The number of hydrogen-bond acceptors (Lipinski definition) is 3. The van der Waals surface area contributed by atoms with Crippen LogP contribution in [0.1, 0.15) is 13.3 Å². The van der Waals surface area contributed by atoms with E-state index < -0.39 is 0 Å². The first kappa shape index (κ1) is 10.8. The summed E-state index contributed by atoms with van der Waals surface area (Å²) >= 11 is 0. The van der Waals surface area contributed by atoms with E-state index in [1.807, 2.05) is 18.2 Å². The molecule has 1 amide bonds. The number of benzene rings is 1. The molecule has 1 aromatic rings. The zero-order chi connectivity index (χ0) is 11.5. The third kappa shape index (κ3) is 1.96. The smallest absolute Gasteiger partial charge is 0.226 e. The summed E-state index contributed by atoms with van der Waals surface area (Å²) in [5.74, 6) is 0.822. The van der Waals surface area contributed by atoms with E-state index in [1.165, 1.54) is 0 Å². The minimum atomic E-state index is 0.0606. The number of carbonyl (C=O) groups excluding carboxylic acids is 1. The number of amides is 1. The number of nitrogens with zero attached hydrogens (tertiary/aromatic N) is 1. The van der Waals surface area contributed by atoms with E-state index in [9.17, 15) is 4.79 Å². The van der Waals surface area contributed by atoms with Crippen LogP contribution in [0.15, 0.2) is 18.2 Å². The van der Waals surface area contributed by atoms with Crippen LogP contribution >= 0.6 is 0 Å². The van der Waals surface area contributed by atoms with Gasteiger partial charge in [-0.3, -0.25) is 4.79 Å². The molecule has 2 rings (SSSR count). The molecule has 0 radical (unpaired) electrons. The van der Waals surface area contributed by atoms with Gasteiger partial charge in [-0.15, -0.1) is 0 Å². The van der Waals surface area contributed by atoms with Gasteiger partial charge in [0, 0.05) is 25.6 Å². The standard InChI is InChI=1S/C12H16N2O2/c1-3-14-7-6-12(15)13-10-8-9(16-2)4-5-11(10)14/h4-5,8H,3,6-7H2,1-2H3,(H,13,15). The van der Waals surface area contributed by atoms with Crippen molar-refractivity contribution in [2.45, 2.75) is 13.3 Å². The van der Waals surface area contributed by atoms with Crippen LogP contribution < -0.4 is 15.0 Å². The number of hydrogen-bond donors (Lipinski definition) is 1. The molecule has 0 saturated heterocycles. The third-order valence-corrected chi connectivity index (χ3v) is 2.81. The Bertz CT molecular complexity index is 404. The Morgan fingerprint density at radius 3 is 3.00 bits per heavy atom. The fourth-order valence-electron chi connectivity index (χ4n) is 1.92. The quantitative estimate of drug-likeness (QED) is 0.827. The van der Waals surface area contributed by atoms with E-state index in [4.69, 9.17) is 4.74 Å². The van der Waals surface area contributed by atoms with Crippen molar-refractivity contribution in [3.63, 3.8) is 0 Å². The van der Waals surface area contributed by atoms with Gasteiger partial charge < -0.3 is 15.0 Å². The molecule has 16 heavy (non-hydrogen) atoms. The van der Waals surface area contributed by atoms with Gasteiger partial charge in [0.2, 0.25) is 5.91 Å². The Labute approximate surface area is 95.2 Å². The van der Waals surface area contributed by atoms with Crippen LogP contribution in [0.2, 0.25) is 0 Å². The second kappa shape index (κ2) is 4.43. The first-order valence-corrected chi connectivity index (χ1v) is 5.47. The first-order valence-electron chi connectivity index (χ1n) is 5.47. The number of methoxy groups -OCH3 is 1. The molecule has 0 spiro atoms. The fourth-order valence-corrected chi connectivity index (χ4v) is 1.92. The lowest BCUT2D eigenvalue weighted by molar-refractivity contribution is -0.115. The molecule has 0 fully saturated rings. The highest BCUT2D eigenvalue weighted by molar-refractivity contribution is 5.96. The Hall–Kier alpha value is -1.71. The molecule has 4 heteroatoms. The molecule has 0 bridgehead atoms. The topological polar surface area (TPSA) is 41.6 Å². The highest BCUT2D eigenvalue weighted by Crippen LogP contribution is 2.32. The second-order valence-electron chi connectivity index (χ2n) is 3.76. The minimum Gasteiger partial charge on any atom is -0.497 e. The number of nitrogens with one attached hydrogen (secondary N) is 1. The van der Waals surface area contributed by atoms with E-state index in [0.29, 0.717) is 6.42 Å². The minimum absolute atomic E-state index is 0.0606. The van der Waals surface area contributed by atoms with Gasteiger partial charge in [-0.1, -0.05) is 0 Å². The van der Waals surface area contributed by atoms with Gasteiger partial charge in [0.05, 0.1) is 18.5 Å². The van der Waals surface area contributed by atoms with Crippen molar-refractivity contribution in [3.05, 3.63) is 18.2 Å². The van der Waals surface area contributed by atoms with E-state index in [-0.39, 0.29) is 5.91 Å². The SMILES string of the molecule is CCN1CCC(=O)Nc2cc(OC)ccc21. The summed E-state index contributed by atoms with van der Waals surface area (Å²) in [6.07, 6.45) is 0.533. The molecule has 0 aliphatic carbocycles. The Balaban J connectivity index is 2.42. The van der Waals surface area contributed by atoms with Gasteiger partial charge in [0.1, 0.15) is 5.75 Å². The summed E-state index contributed by atoms with van der Waals surface area (Å²) in [6.45, 7) is 3.75. The van der Waals surface area contributed by atoms with Crippen LogP contribution in [0.4, 0.5) is 11.4 Å². The maximum atomic E-state index is 11.5. The van der Waals surface area contributed by atoms with Gasteiger partial charge in [-0.25, -0.2) is 0 Å². The Kier molecular flexibility index (Phi) is 2.99. The van der Waals surface area contributed by atoms with Crippen molar-refractivity contribution in [3.8, 4) is 5.75 Å². The predicted molar refractivity (Wildman–Crippen MR) is 64.1 cm³/mol. The average Bonchev–Trinajstić information content (AvgIpc) is 2.46. The summed E-state index contributed by atoms with van der Waals surface area (Å²) in [6, 6.07) is 5.77. The average molecular weight is 220 g/mol. The molecule has 0 aromatic heterocycles. The second-order valence-corrected chi connectivity index (χ2v) is 3.76. The normalized spacial score (nSPS) is 15.1. The highest BCUT2D eigenvalue weighted by Gasteiger charge is 2.18.